The SMILES string of the molecule is CC(=O)SCC=Cc1cncc([N+](=O)[O-])c1Cl. The normalized spacial score (nSPS) is 10.7. The molecule has 0 unspecified atom stereocenters. The van der Waals surface area contributed by atoms with E-state index < -0.39 is 4.92 Å². The topological polar surface area (TPSA) is 73.1 Å². The van der Waals surface area contributed by atoms with Crippen LogP contribution in [0.5, 0.6) is 0 Å². The van der Waals surface area contributed by atoms with Gasteiger partial charge in [0.25, 0.3) is 0 Å². The largest absolute Gasteiger partial charge is 0.306 e. The molecule has 0 spiro atoms. The van der Waals surface area contributed by atoms with E-state index in [1.807, 2.05) is 0 Å². The Balaban J connectivity index is 2.81. The first-order chi connectivity index (χ1) is 8.02. The van der Waals surface area contributed by atoms with Crippen LogP contribution in [0.4, 0.5) is 5.69 Å². The smallest absolute Gasteiger partial charge is 0.288 e. The molecule has 0 aromatic carbocycles. The number of aromatic nitrogens is 1. The first-order valence-corrected chi connectivity index (χ1v) is 5.96. The van der Waals surface area contributed by atoms with Crippen molar-refractivity contribution in [3.8, 4) is 0 Å². The van der Waals surface area contributed by atoms with E-state index in [2.05, 4.69) is 4.98 Å². The lowest BCUT2D eigenvalue weighted by Gasteiger charge is -1.98. The lowest BCUT2D eigenvalue weighted by molar-refractivity contribution is -0.385. The number of carbonyl (C=O) groups excluding carboxylic acids is 1. The van der Waals surface area contributed by atoms with Crippen LogP contribution in [-0.4, -0.2) is 20.8 Å². The van der Waals surface area contributed by atoms with Crippen molar-refractivity contribution >= 4 is 40.2 Å². The zero-order valence-electron chi connectivity index (χ0n) is 8.92. The van der Waals surface area contributed by atoms with Crippen LogP contribution in [0.25, 0.3) is 6.08 Å². The molecule has 1 aromatic heterocycles. The van der Waals surface area contributed by atoms with E-state index in [0.29, 0.717) is 11.3 Å². The van der Waals surface area contributed by atoms with Gasteiger partial charge in [0, 0.05) is 24.4 Å². The minimum atomic E-state index is -0.586. The molecule has 0 N–H and O–H groups in total. The molecule has 7 heteroatoms. The molecule has 0 saturated heterocycles. The van der Waals surface area contributed by atoms with Crippen LogP contribution in [0.2, 0.25) is 5.02 Å². The number of hydrogen-bond acceptors (Lipinski definition) is 5. The molecule has 1 rings (SSSR count). The lowest BCUT2D eigenvalue weighted by atomic mass is 10.2. The number of nitro groups is 1. The number of rotatable bonds is 4. The molecule has 0 aliphatic carbocycles. The third-order valence-electron chi connectivity index (χ3n) is 1.77. The Labute approximate surface area is 107 Å². The van der Waals surface area contributed by atoms with Crippen molar-refractivity contribution in [1.82, 2.24) is 4.98 Å². The van der Waals surface area contributed by atoms with Crippen LogP contribution in [0.3, 0.4) is 0 Å². The van der Waals surface area contributed by atoms with Crippen LogP contribution in [-0.2, 0) is 4.79 Å². The highest BCUT2D eigenvalue weighted by molar-refractivity contribution is 8.13. The number of halogens is 1. The molecule has 17 heavy (non-hydrogen) atoms. The second-order valence-electron chi connectivity index (χ2n) is 3.02. The van der Waals surface area contributed by atoms with E-state index in [4.69, 9.17) is 11.6 Å². The van der Waals surface area contributed by atoms with Gasteiger partial charge in [-0.05, 0) is 0 Å². The highest BCUT2D eigenvalue weighted by Crippen LogP contribution is 2.27. The van der Waals surface area contributed by atoms with Crippen molar-refractivity contribution in [3.05, 3.63) is 39.2 Å². The van der Waals surface area contributed by atoms with Gasteiger partial charge in [-0.25, -0.2) is 0 Å². The highest BCUT2D eigenvalue weighted by Gasteiger charge is 2.14. The number of carbonyl (C=O) groups is 1. The van der Waals surface area contributed by atoms with Gasteiger partial charge in [0.15, 0.2) is 5.12 Å². The van der Waals surface area contributed by atoms with E-state index in [1.165, 1.54) is 13.1 Å². The third kappa shape index (κ3) is 4.16. The predicted octanol–water partition coefficient (Wildman–Crippen LogP) is 2.94. The van der Waals surface area contributed by atoms with Crippen LogP contribution in [0, 0.1) is 10.1 Å². The van der Waals surface area contributed by atoms with Crippen molar-refractivity contribution in [1.29, 1.82) is 0 Å². The third-order valence-corrected chi connectivity index (χ3v) is 2.94. The molecule has 0 bridgehead atoms. The molecular weight excluding hydrogens is 264 g/mol. The van der Waals surface area contributed by atoms with Gasteiger partial charge in [-0.15, -0.1) is 0 Å². The summed E-state index contributed by atoms with van der Waals surface area (Å²) in [6.45, 7) is 1.47. The number of thioether (sulfide) groups is 1. The van der Waals surface area contributed by atoms with Gasteiger partial charge >= 0.3 is 5.69 Å². The Bertz CT molecular complexity index is 477. The average Bonchev–Trinajstić information content (AvgIpc) is 2.25. The standard InChI is InChI=1S/C10H9ClN2O3S/c1-7(14)17-4-2-3-8-5-12-6-9(10(8)11)13(15)16/h2-3,5-6H,4H2,1H3. The predicted molar refractivity (Wildman–Crippen MR) is 68.1 cm³/mol. The molecule has 1 heterocycles. The number of hydrogen-bond donors (Lipinski definition) is 0. The van der Waals surface area contributed by atoms with Gasteiger partial charge in [-0.3, -0.25) is 19.9 Å². The van der Waals surface area contributed by atoms with Crippen molar-refractivity contribution in [2.45, 2.75) is 6.92 Å². The van der Waals surface area contributed by atoms with Gasteiger partial charge in [-0.2, -0.15) is 0 Å². The Kier molecular flexibility index (Phi) is 5.11. The van der Waals surface area contributed by atoms with Gasteiger partial charge in [0.1, 0.15) is 11.2 Å². The van der Waals surface area contributed by atoms with Crippen LogP contribution < -0.4 is 0 Å². The fourth-order valence-electron chi connectivity index (χ4n) is 1.03. The molecule has 1 aromatic rings. The second-order valence-corrected chi connectivity index (χ2v) is 4.60. The summed E-state index contributed by atoms with van der Waals surface area (Å²) in [5.41, 5.74) is 0.234. The fourth-order valence-corrected chi connectivity index (χ4v) is 1.69. The molecule has 0 radical (unpaired) electrons. The van der Waals surface area contributed by atoms with Gasteiger partial charge in [0.05, 0.1) is 4.92 Å². The Morgan fingerprint density at radius 2 is 2.35 bits per heavy atom. The Morgan fingerprint density at radius 1 is 1.65 bits per heavy atom. The van der Waals surface area contributed by atoms with E-state index in [9.17, 15) is 14.9 Å². The molecule has 0 atom stereocenters. The van der Waals surface area contributed by atoms with Crippen LogP contribution in [0.1, 0.15) is 12.5 Å². The van der Waals surface area contributed by atoms with Crippen molar-refractivity contribution in [3.63, 3.8) is 0 Å². The van der Waals surface area contributed by atoms with Crippen molar-refractivity contribution in [2.75, 3.05) is 5.75 Å². The maximum absolute atomic E-state index is 10.7. The quantitative estimate of drug-likeness (QED) is 0.622. The van der Waals surface area contributed by atoms with Gasteiger partial charge in [0.2, 0.25) is 0 Å². The van der Waals surface area contributed by atoms with E-state index in [1.54, 1.807) is 12.2 Å². The highest BCUT2D eigenvalue weighted by atomic mass is 35.5. The Morgan fingerprint density at radius 3 is 2.94 bits per heavy atom. The molecule has 0 aliphatic heterocycles. The maximum Gasteiger partial charge on any atom is 0.306 e. The number of pyridine rings is 1. The molecule has 0 amide bonds. The zero-order valence-corrected chi connectivity index (χ0v) is 10.5. The first kappa shape index (κ1) is 13.7. The van der Waals surface area contributed by atoms with Crippen molar-refractivity contribution < 1.29 is 9.72 Å². The summed E-state index contributed by atoms with van der Waals surface area (Å²) >= 11 is 6.98. The fraction of sp³-hybridized carbons (Fsp3) is 0.200. The summed E-state index contributed by atoms with van der Waals surface area (Å²) in [6.07, 6.45) is 5.85. The lowest BCUT2D eigenvalue weighted by Crippen LogP contribution is -1.92. The maximum atomic E-state index is 10.7. The molecule has 0 saturated carbocycles. The second kappa shape index (κ2) is 6.36. The first-order valence-electron chi connectivity index (χ1n) is 4.60. The summed E-state index contributed by atoms with van der Waals surface area (Å²) < 4.78 is 0. The van der Waals surface area contributed by atoms with E-state index >= 15 is 0 Å². The monoisotopic (exact) mass is 272 g/mol. The summed E-state index contributed by atoms with van der Waals surface area (Å²) in [6, 6.07) is 0. The average molecular weight is 273 g/mol. The molecule has 0 fully saturated rings. The van der Waals surface area contributed by atoms with E-state index in [-0.39, 0.29) is 15.8 Å². The summed E-state index contributed by atoms with van der Waals surface area (Å²) in [5, 5.41) is 10.7. The molecular formula is C10H9ClN2O3S. The summed E-state index contributed by atoms with van der Waals surface area (Å²) in [5.74, 6) is 0.494. The van der Waals surface area contributed by atoms with Crippen molar-refractivity contribution in [2.24, 2.45) is 0 Å². The summed E-state index contributed by atoms with van der Waals surface area (Å²) in [4.78, 5) is 24.4. The minimum Gasteiger partial charge on any atom is -0.288 e. The Hall–Kier alpha value is -1.40. The molecule has 5 nitrogen and oxygen atoms in total. The van der Waals surface area contributed by atoms with E-state index in [0.717, 1.165) is 18.0 Å². The number of nitrogens with zero attached hydrogens (tertiary/aromatic N) is 2. The zero-order chi connectivity index (χ0) is 12.8. The van der Waals surface area contributed by atoms with Crippen LogP contribution in [0.15, 0.2) is 18.5 Å². The molecule has 90 valence electrons. The minimum absolute atomic E-state index is 0.0120. The van der Waals surface area contributed by atoms with Gasteiger partial charge in [-0.1, -0.05) is 35.5 Å². The summed E-state index contributed by atoms with van der Waals surface area (Å²) in [7, 11) is 0. The van der Waals surface area contributed by atoms with Crippen LogP contribution >= 0.6 is 23.4 Å². The van der Waals surface area contributed by atoms with Gasteiger partial charge < -0.3 is 0 Å². The molecule has 0 aliphatic rings.